The second-order valence-corrected chi connectivity index (χ2v) is 11.7. The van der Waals surface area contributed by atoms with Gasteiger partial charge in [0, 0.05) is 54.5 Å². The lowest BCUT2D eigenvalue weighted by Gasteiger charge is -2.48. The molecular formula is C29H26N4O8. The summed E-state index contributed by atoms with van der Waals surface area (Å²) >= 11 is 0. The molecular weight excluding hydrogens is 532 g/mol. The minimum Gasteiger partial charge on any atom is -0.270 e. The van der Waals surface area contributed by atoms with E-state index in [2.05, 4.69) is 0 Å². The van der Waals surface area contributed by atoms with Crippen LogP contribution in [0.2, 0.25) is 0 Å². The summed E-state index contributed by atoms with van der Waals surface area (Å²) in [5.41, 5.74) is 0. The minimum atomic E-state index is -1.39. The zero-order chi connectivity index (χ0) is 28.7. The molecule has 0 aromatic rings. The first-order valence-electron chi connectivity index (χ1n) is 13.9. The van der Waals surface area contributed by atoms with Crippen molar-refractivity contribution in [3.05, 3.63) is 48.6 Å². The van der Waals surface area contributed by atoms with Crippen molar-refractivity contribution in [1.82, 2.24) is 19.6 Å². The third kappa shape index (κ3) is 3.58. The number of hydrogen-bond donors (Lipinski definition) is 0. The van der Waals surface area contributed by atoms with E-state index in [9.17, 15) is 38.4 Å². The van der Waals surface area contributed by atoms with Gasteiger partial charge >= 0.3 is 0 Å². The highest BCUT2D eigenvalue weighted by atomic mass is 16.2. The average molecular weight is 559 g/mol. The van der Waals surface area contributed by atoms with Gasteiger partial charge in [-0.3, -0.25) is 58.0 Å². The fraction of sp³-hybridized carbons (Fsp3) is 0.448. The van der Waals surface area contributed by atoms with Crippen molar-refractivity contribution >= 4 is 47.3 Å². The fourth-order valence-electron chi connectivity index (χ4n) is 8.32. The van der Waals surface area contributed by atoms with E-state index in [-0.39, 0.29) is 5.92 Å². The lowest BCUT2D eigenvalue weighted by molar-refractivity contribution is -0.153. The van der Waals surface area contributed by atoms with Gasteiger partial charge in [-0.25, -0.2) is 0 Å². The van der Waals surface area contributed by atoms with E-state index in [0.717, 1.165) is 87.5 Å². The van der Waals surface area contributed by atoms with Crippen molar-refractivity contribution in [2.24, 2.45) is 23.7 Å². The predicted molar refractivity (Wildman–Crippen MR) is 136 cm³/mol. The third-order valence-electron chi connectivity index (χ3n) is 10.0. The summed E-state index contributed by atoms with van der Waals surface area (Å²) < 4.78 is 0. The maximum Gasteiger partial charge on any atom is 0.254 e. The summed E-state index contributed by atoms with van der Waals surface area (Å²) in [4.78, 5) is 110. The van der Waals surface area contributed by atoms with E-state index >= 15 is 0 Å². The summed E-state index contributed by atoms with van der Waals surface area (Å²) in [6.07, 6.45) is 12.9. The van der Waals surface area contributed by atoms with Gasteiger partial charge in [0.2, 0.25) is 0 Å². The molecule has 7 unspecified atom stereocenters. The first-order chi connectivity index (χ1) is 19.7. The maximum absolute atomic E-state index is 13.3. The normalized spacial score (nSPS) is 38.0. The van der Waals surface area contributed by atoms with Crippen LogP contribution in [-0.2, 0) is 38.4 Å². The van der Waals surface area contributed by atoms with Gasteiger partial charge in [-0.1, -0.05) is 0 Å². The van der Waals surface area contributed by atoms with Crippen LogP contribution in [0.1, 0.15) is 32.1 Å². The molecule has 7 rings (SSSR count). The lowest BCUT2D eigenvalue weighted by atomic mass is 9.59. The number of carbonyl (C=O) groups is 8. The number of carbonyl (C=O) groups excluding carboxylic acids is 8. The van der Waals surface area contributed by atoms with Gasteiger partial charge in [-0.05, 0) is 49.9 Å². The first kappa shape index (κ1) is 25.5. The third-order valence-corrected chi connectivity index (χ3v) is 10.0. The Balaban J connectivity index is 1.46. The second-order valence-electron chi connectivity index (χ2n) is 11.7. The first-order valence-corrected chi connectivity index (χ1v) is 13.9. The minimum absolute atomic E-state index is 0.233. The highest BCUT2D eigenvalue weighted by molar-refractivity contribution is 6.17. The Hall–Kier alpha value is -4.48. The zero-order valence-corrected chi connectivity index (χ0v) is 21.8. The maximum atomic E-state index is 13.3. The van der Waals surface area contributed by atoms with Crippen LogP contribution < -0.4 is 0 Å². The number of amides is 8. The van der Waals surface area contributed by atoms with Crippen LogP contribution in [0.25, 0.3) is 0 Å². The lowest BCUT2D eigenvalue weighted by Crippen LogP contribution is -2.63. The van der Waals surface area contributed by atoms with Crippen LogP contribution >= 0.6 is 0 Å². The molecule has 41 heavy (non-hydrogen) atoms. The topological polar surface area (TPSA) is 150 Å². The van der Waals surface area contributed by atoms with Crippen molar-refractivity contribution < 1.29 is 38.4 Å². The molecule has 0 bridgehead atoms. The van der Waals surface area contributed by atoms with Gasteiger partial charge in [-0.15, -0.1) is 0 Å². The Bertz CT molecular complexity index is 1310. The molecule has 7 aliphatic rings. The molecule has 0 aromatic heterocycles. The van der Waals surface area contributed by atoms with Crippen molar-refractivity contribution in [3.8, 4) is 0 Å². The molecule has 8 amide bonds. The SMILES string of the molecule is O=C1C=CC(=O)N1C1C(C2CCC3CCC3C2)C(N2C(=O)C=CC2=O)C(N2C(=O)C=CC2=O)C1N1C(=O)C=CC1=O. The highest BCUT2D eigenvalue weighted by Gasteiger charge is 2.67. The largest absolute Gasteiger partial charge is 0.270 e. The van der Waals surface area contributed by atoms with Gasteiger partial charge in [0.15, 0.2) is 0 Å². The van der Waals surface area contributed by atoms with Crippen molar-refractivity contribution in [3.63, 3.8) is 0 Å². The molecule has 7 atom stereocenters. The van der Waals surface area contributed by atoms with E-state index in [0.29, 0.717) is 24.7 Å². The average Bonchev–Trinajstić information content (AvgIpc) is 3.69. The van der Waals surface area contributed by atoms with E-state index in [1.54, 1.807) is 0 Å². The molecule has 0 aromatic carbocycles. The van der Waals surface area contributed by atoms with Gasteiger partial charge in [0.1, 0.15) is 0 Å². The molecule has 3 fully saturated rings. The molecule has 0 saturated heterocycles. The summed E-state index contributed by atoms with van der Waals surface area (Å²) in [5.74, 6) is -5.78. The van der Waals surface area contributed by atoms with Crippen molar-refractivity contribution in [1.29, 1.82) is 0 Å². The van der Waals surface area contributed by atoms with Crippen molar-refractivity contribution in [2.75, 3.05) is 0 Å². The van der Waals surface area contributed by atoms with E-state index in [1.807, 2.05) is 0 Å². The molecule has 3 saturated carbocycles. The summed E-state index contributed by atoms with van der Waals surface area (Å²) in [5, 5.41) is 0. The van der Waals surface area contributed by atoms with Crippen LogP contribution in [0.4, 0.5) is 0 Å². The molecule has 0 radical (unpaired) electrons. The van der Waals surface area contributed by atoms with Crippen LogP contribution in [0.15, 0.2) is 48.6 Å². The summed E-state index contributed by atoms with van der Waals surface area (Å²) in [6.45, 7) is 0. The summed E-state index contributed by atoms with van der Waals surface area (Å²) in [7, 11) is 0. The smallest absolute Gasteiger partial charge is 0.254 e. The van der Waals surface area contributed by atoms with Gasteiger partial charge in [0.25, 0.3) is 47.3 Å². The van der Waals surface area contributed by atoms with Crippen LogP contribution in [0, 0.1) is 23.7 Å². The Morgan fingerprint density at radius 3 is 0.927 bits per heavy atom. The van der Waals surface area contributed by atoms with Gasteiger partial charge in [-0.2, -0.15) is 0 Å². The van der Waals surface area contributed by atoms with Gasteiger partial charge < -0.3 is 0 Å². The molecule has 210 valence electrons. The Morgan fingerprint density at radius 2 is 0.634 bits per heavy atom. The van der Waals surface area contributed by atoms with E-state index in [1.165, 1.54) is 0 Å². The second kappa shape index (κ2) is 9.02. The predicted octanol–water partition coefficient (Wildman–Crippen LogP) is -0.383. The molecule has 4 heterocycles. The Kier molecular flexibility index (Phi) is 5.60. The number of hydrogen-bond acceptors (Lipinski definition) is 8. The van der Waals surface area contributed by atoms with Crippen molar-refractivity contribution in [2.45, 2.75) is 56.3 Å². The molecule has 12 nitrogen and oxygen atoms in total. The quantitative estimate of drug-likeness (QED) is 0.415. The monoisotopic (exact) mass is 558 g/mol. The number of imide groups is 4. The van der Waals surface area contributed by atoms with Crippen LogP contribution in [0.5, 0.6) is 0 Å². The Morgan fingerprint density at radius 1 is 0.366 bits per heavy atom. The Labute approximate surface area is 233 Å². The molecule has 4 aliphatic heterocycles. The zero-order valence-electron chi connectivity index (χ0n) is 21.8. The molecule has 3 aliphatic carbocycles. The van der Waals surface area contributed by atoms with E-state index in [4.69, 9.17) is 0 Å². The number of rotatable bonds is 5. The van der Waals surface area contributed by atoms with Crippen LogP contribution in [0.3, 0.4) is 0 Å². The fourth-order valence-corrected chi connectivity index (χ4v) is 8.32. The highest BCUT2D eigenvalue weighted by Crippen LogP contribution is 2.54. The van der Waals surface area contributed by atoms with E-state index < -0.39 is 77.3 Å². The molecule has 12 heteroatoms. The van der Waals surface area contributed by atoms with Crippen LogP contribution in [-0.4, -0.2) is 91.0 Å². The molecule has 0 spiro atoms. The molecule has 0 N–H and O–H groups in total. The number of fused-ring (bicyclic) bond motifs is 1. The number of nitrogens with zero attached hydrogens (tertiary/aromatic N) is 4. The summed E-state index contributed by atoms with van der Waals surface area (Å²) in [6, 6.07) is -5.17. The van der Waals surface area contributed by atoms with Gasteiger partial charge in [0.05, 0.1) is 24.2 Å². The standard InChI is InChI=1S/C29H26N4O8/c34-17-5-6-18(35)30(17)26-25(16-4-2-14-1-3-15(14)13-16)27(31-19(36)7-8-20(31)37)29(33-23(40)11-12-24(33)41)28(26)32-21(38)9-10-22(32)39/h5-12,14-16,25-29H,1-4,13H2.